The van der Waals surface area contributed by atoms with Crippen LogP contribution in [0.3, 0.4) is 0 Å². The standard InChI is InChI=1S/C11H24O3/c1-4-6-14-7-5-11(8-12,9-13)10(2)3/h10,12-13H,4-9H2,1-3H3. The topological polar surface area (TPSA) is 49.7 Å². The Hall–Kier alpha value is -0.120. The van der Waals surface area contributed by atoms with Crippen molar-refractivity contribution in [3.05, 3.63) is 0 Å². The van der Waals surface area contributed by atoms with Crippen molar-refractivity contribution >= 4 is 0 Å². The monoisotopic (exact) mass is 204 g/mol. The molecular weight excluding hydrogens is 180 g/mol. The van der Waals surface area contributed by atoms with Gasteiger partial charge in [-0.2, -0.15) is 0 Å². The summed E-state index contributed by atoms with van der Waals surface area (Å²) in [6.45, 7) is 7.53. The summed E-state index contributed by atoms with van der Waals surface area (Å²) in [7, 11) is 0. The summed E-state index contributed by atoms with van der Waals surface area (Å²) in [5, 5.41) is 18.6. The second-order valence-electron chi connectivity index (χ2n) is 4.20. The summed E-state index contributed by atoms with van der Waals surface area (Å²) in [5.74, 6) is 0.266. The highest BCUT2D eigenvalue weighted by atomic mass is 16.5. The molecule has 0 saturated carbocycles. The third-order valence-electron chi connectivity index (χ3n) is 2.95. The highest BCUT2D eigenvalue weighted by Crippen LogP contribution is 2.30. The Morgan fingerprint density at radius 3 is 2.07 bits per heavy atom. The van der Waals surface area contributed by atoms with Crippen LogP contribution in [-0.2, 0) is 4.74 Å². The molecule has 0 fully saturated rings. The number of hydrogen-bond acceptors (Lipinski definition) is 3. The molecule has 3 heteroatoms. The summed E-state index contributed by atoms with van der Waals surface area (Å²) in [5.41, 5.74) is -0.381. The van der Waals surface area contributed by atoms with Gasteiger partial charge >= 0.3 is 0 Å². The van der Waals surface area contributed by atoms with Gasteiger partial charge in [-0.05, 0) is 18.8 Å². The average molecular weight is 204 g/mol. The van der Waals surface area contributed by atoms with Crippen LogP contribution in [0.1, 0.15) is 33.6 Å². The third-order valence-corrected chi connectivity index (χ3v) is 2.95. The number of ether oxygens (including phenoxy) is 1. The fourth-order valence-electron chi connectivity index (χ4n) is 1.38. The van der Waals surface area contributed by atoms with Crippen molar-refractivity contribution < 1.29 is 14.9 Å². The second kappa shape index (κ2) is 7.21. The fourth-order valence-corrected chi connectivity index (χ4v) is 1.38. The van der Waals surface area contributed by atoms with E-state index in [4.69, 9.17) is 4.74 Å². The summed E-state index contributed by atoms with van der Waals surface area (Å²) in [6.07, 6.45) is 1.73. The Bertz CT molecular complexity index is 130. The molecule has 0 amide bonds. The van der Waals surface area contributed by atoms with Crippen molar-refractivity contribution in [3.8, 4) is 0 Å². The molecule has 0 atom stereocenters. The number of hydrogen-bond donors (Lipinski definition) is 2. The minimum absolute atomic E-state index is 0.0245. The van der Waals surface area contributed by atoms with Gasteiger partial charge in [-0.25, -0.2) is 0 Å². The van der Waals surface area contributed by atoms with E-state index in [0.717, 1.165) is 19.4 Å². The Labute approximate surface area is 87.1 Å². The van der Waals surface area contributed by atoms with E-state index in [1.807, 2.05) is 13.8 Å². The molecule has 0 bridgehead atoms. The van der Waals surface area contributed by atoms with Gasteiger partial charge in [0.2, 0.25) is 0 Å². The molecule has 3 nitrogen and oxygen atoms in total. The summed E-state index contributed by atoms with van der Waals surface area (Å²) >= 11 is 0. The lowest BCUT2D eigenvalue weighted by molar-refractivity contribution is -0.0151. The van der Waals surface area contributed by atoms with E-state index >= 15 is 0 Å². The van der Waals surface area contributed by atoms with Gasteiger partial charge < -0.3 is 14.9 Å². The molecular formula is C11H24O3. The van der Waals surface area contributed by atoms with Crippen LogP contribution in [0.2, 0.25) is 0 Å². The lowest BCUT2D eigenvalue weighted by Crippen LogP contribution is -2.36. The van der Waals surface area contributed by atoms with Crippen LogP contribution < -0.4 is 0 Å². The predicted molar refractivity (Wildman–Crippen MR) is 57.2 cm³/mol. The summed E-state index contributed by atoms with van der Waals surface area (Å²) in [4.78, 5) is 0. The van der Waals surface area contributed by atoms with Crippen LogP contribution in [0.4, 0.5) is 0 Å². The molecule has 0 heterocycles. The molecule has 0 unspecified atom stereocenters. The van der Waals surface area contributed by atoms with Crippen molar-refractivity contribution in [2.45, 2.75) is 33.6 Å². The smallest absolute Gasteiger partial charge is 0.0512 e. The highest BCUT2D eigenvalue weighted by molar-refractivity contribution is 4.80. The maximum atomic E-state index is 9.29. The maximum Gasteiger partial charge on any atom is 0.0512 e. The maximum absolute atomic E-state index is 9.29. The van der Waals surface area contributed by atoms with Gasteiger partial charge in [0.05, 0.1) is 13.2 Å². The van der Waals surface area contributed by atoms with E-state index in [0.29, 0.717) is 6.61 Å². The first-order valence-corrected chi connectivity index (χ1v) is 5.42. The normalized spacial score (nSPS) is 12.4. The quantitative estimate of drug-likeness (QED) is 0.588. The van der Waals surface area contributed by atoms with Crippen LogP contribution in [0.25, 0.3) is 0 Å². The SMILES string of the molecule is CCCOCCC(CO)(CO)C(C)C. The van der Waals surface area contributed by atoms with Crippen molar-refractivity contribution in [1.29, 1.82) is 0 Å². The molecule has 86 valence electrons. The first-order valence-electron chi connectivity index (χ1n) is 5.42. The van der Waals surface area contributed by atoms with Crippen molar-refractivity contribution in [2.75, 3.05) is 26.4 Å². The van der Waals surface area contributed by atoms with Gasteiger partial charge in [0.1, 0.15) is 0 Å². The van der Waals surface area contributed by atoms with Crippen LogP contribution in [0.5, 0.6) is 0 Å². The molecule has 0 aromatic heterocycles. The first kappa shape index (κ1) is 13.9. The van der Waals surface area contributed by atoms with Gasteiger partial charge in [0.25, 0.3) is 0 Å². The molecule has 0 aliphatic heterocycles. The zero-order chi connectivity index (χ0) is 11.0. The largest absolute Gasteiger partial charge is 0.396 e. The van der Waals surface area contributed by atoms with Crippen LogP contribution in [0.15, 0.2) is 0 Å². The molecule has 0 aliphatic carbocycles. The van der Waals surface area contributed by atoms with E-state index < -0.39 is 0 Å². The Balaban J connectivity index is 3.95. The van der Waals surface area contributed by atoms with Gasteiger partial charge in [-0.1, -0.05) is 20.8 Å². The Morgan fingerprint density at radius 1 is 1.14 bits per heavy atom. The van der Waals surface area contributed by atoms with E-state index in [9.17, 15) is 10.2 Å². The lowest BCUT2D eigenvalue weighted by Gasteiger charge is -2.33. The molecule has 0 aromatic carbocycles. The molecule has 2 N–H and O–H groups in total. The van der Waals surface area contributed by atoms with Crippen LogP contribution in [-0.4, -0.2) is 36.6 Å². The molecule has 0 radical (unpaired) electrons. The minimum atomic E-state index is -0.381. The molecule has 0 rings (SSSR count). The molecule has 0 spiro atoms. The van der Waals surface area contributed by atoms with Gasteiger partial charge in [-0.3, -0.25) is 0 Å². The summed E-state index contributed by atoms with van der Waals surface area (Å²) < 4.78 is 5.37. The molecule has 0 aromatic rings. The van der Waals surface area contributed by atoms with E-state index in [-0.39, 0.29) is 24.5 Å². The zero-order valence-corrected chi connectivity index (χ0v) is 9.62. The lowest BCUT2D eigenvalue weighted by atomic mass is 9.76. The van der Waals surface area contributed by atoms with E-state index in [1.54, 1.807) is 0 Å². The summed E-state index contributed by atoms with van der Waals surface area (Å²) in [6, 6.07) is 0. The minimum Gasteiger partial charge on any atom is -0.396 e. The number of aliphatic hydroxyl groups excluding tert-OH is 2. The van der Waals surface area contributed by atoms with E-state index in [2.05, 4.69) is 6.92 Å². The molecule has 0 aliphatic rings. The van der Waals surface area contributed by atoms with Crippen LogP contribution in [0, 0.1) is 11.3 Å². The van der Waals surface area contributed by atoms with Crippen molar-refractivity contribution in [1.82, 2.24) is 0 Å². The number of aliphatic hydroxyl groups is 2. The first-order chi connectivity index (χ1) is 6.63. The molecule has 0 saturated heterocycles. The Kier molecular flexibility index (Phi) is 7.15. The number of rotatable bonds is 8. The van der Waals surface area contributed by atoms with Gasteiger partial charge in [-0.15, -0.1) is 0 Å². The second-order valence-corrected chi connectivity index (χ2v) is 4.20. The third kappa shape index (κ3) is 3.95. The van der Waals surface area contributed by atoms with Gasteiger partial charge in [0, 0.05) is 18.6 Å². The van der Waals surface area contributed by atoms with Crippen molar-refractivity contribution in [2.24, 2.45) is 11.3 Å². The predicted octanol–water partition coefficient (Wildman–Crippen LogP) is 1.43. The molecule has 14 heavy (non-hydrogen) atoms. The fraction of sp³-hybridized carbons (Fsp3) is 1.00. The van der Waals surface area contributed by atoms with Crippen LogP contribution >= 0.6 is 0 Å². The van der Waals surface area contributed by atoms with E-state index in [1.165, 1.54) is 0 Å². The highest BCUT2D eigenvalue weighted by Gasteiger charge is 2.32. The zero-order valence-electron chi connectivity index (χ0n) is 9.62. The van der Waals surface area contributed by atoms with Crippen molar-refractivity contribution in [3.63, 3.8) is 0 Å². The Morgan fingerprint density at radius 2 is 1.71 bits per heavy atom. The average Bonchev–Trinajstić information content (AvgIpc) is 2.18. The van der Waals surface area contributed by atoms with Gasteiger partial charge in [0.15, 0.2) is 0 Å².